The van der Waals surface area contributed by atoms with Gasteiger partial charge < -0.3 is 20.9 Å². The molecule has 0 radical (unpaired) electrons. The monoisotopic (exact) mass is 468 g/mol. The fourth-order valence-electron chi connectivity index (χ4n) is 5.64. The third kappa shape index (κ3) is 3.30. The molecule has 2 atom stereocenters. The van der Waals surface area contributed by atoms with Crippen molar-refractivity contribution in [2.75, 3.05) is 11.5 Å². The molecule has 0 aromatic heterocycles. The van der Waals surface area contributed by atoms with Crippen molar-refractivity contribution in [1.29, 1.82) is 0 Å². The van der Waals surface area contributed by atoms with E-state index in [0.717, 1.165) is 34.4 Å². The molecule has 174 valence electrons. The van der Waals surface area contributed by atoms with Gasteiger partial charge in [0.1, 0.15) is 23.0 Å². The fraction of sp³-hybridized carbons (Fsp3) is 0.0625. The third-order valence-electron chi connectivity index (χ3n) is 7.21. The molecule has 3 aliphatic rings. The van der Waals surface area contributed by atoms with Crippen LogP contribution in [-0.4, -0.2) is 0 Å². The van der Waals surface area contributed by atoms with Gasteiger partial charge in [-0.2, -0.15) is 0 Å². The van der Waals surface area contributed by atoms with Crippen molar-refractivity contribution in [2.24, 2.45) is 0 Å². The van der Waals surface area contributed by atoms with Crippen LogP contribution in [0.4, 0.5) is 11.4 Å². The highest BCUT2D eigenvalue weighted by Crippen LogP contribution is 2.56. The molecule has 4 heteroatoms. The van der Waals surface area contributed by atoms with Gasteiger partial charge in [0, 0.05) is 23.2 Å². The third-order valence-corrected chi connectivity index (χ3v) is 7.21. The molecule has 5 aromatic rings. The zero-order valence-electron chi connectivity index (χ0n) is 19.5. The molecule has 8 rings (SSSR count). The lowest BCUT2D eigenvalue weighted by Gasteiger charge is -2.42. The number of benzene rings is 5. The summed E-state index contributed by atoms with van der Waals surface area (Å²) < 4.78 is 12.4. The molecule has 0 fully saturated rings. The quantitative estimate of drug-likeness (QED) is 0.264. The SMILES string of the molecule is Nc1ccc(Oc2ccc3c(c2)C2c4ccccc4C3c3cc(Oc4ccc(N)cc4)ccc32)cc1. The molecular weight excluding hydrogens is 444 g/mol. The summed E-state index contributed by atoms with van der Waals surface area (Å²) in [6.07, 6.45) is 0. The Labute approximate surface area is 209 Å². The lowest BCUT2D eigenvalue weighted by Crippen LogP contribution is -2.27. The number of nitrogen functional groups attached to an aromatic ring is 2. The molecule has 4 nitrogen and oxygen atoms in total. The van der Waals surface area contributed by atoms with Gasteiger partial charge in [-0.1, -0.05) is 36.4 Å². The Bertz CT molecular complexity index is 1490. The number of ether oxygens (including phenoxy) is 2. The van der Waals surface area contributed by atoms with Crippen LogP contribution in [0.1, 0.15) is 45.2 Å². The number of nitrogens with two attached hydrogens (primary N) is 2. The van der Waals surface area contributed by atoms with Crippen molar-refractivity contribution < 1.29 is 9.47 Å². The Balaban J connectivity index is 1.30. The van der Waals surface area contributed by atoms with Crippen molar-refractivity contribution in [3.8, 4) is 23.0 Å². The highest BCUT2D eigenvalue weighted by Gasteiger charge is 2.41. The van der Waals surface area contributed by atoms with Crippen molar-refractivity contribution in [2.45, 2.75) is 11.8 Å². The minimum Gasteiger partial charge on any atom is -0.457 e. The Morgan fingerprint density at radius 2 is 0.750 bits per heavy atom. The summed E-state index contributed by atoms with van der Waals surface area (Å²) in [7, 11) is 0. The maximum absolute atomic E-state index is 6.19. The summed E-state index contributed by atoms with van der Waals surface area (Å²) in [4.78, 5) is 0. The van der Waals surface area contributed by atoms with Crippen LogP contribution in [0.2, 0.25) is 0 Å². The van der Waals surface area contributed by atoms with Gasteiger partial charge in [-0.15, -0.1) is 0 Å². The summed E-state index contributed by atoms with van der Waals surface area (Å²) >= 11 is 0. The van der Waals surface area contributed by atoms with E-state index in [0.29, 0.717) is 0 Å². The summed E-state index contributed by atoms with van der Waals surface area (Å²) in [6, 6.07) is 36.7. The second-order valence-corrected chi connectivity index (χ2v) is 9.42. The first-order chi connectivity index (χ1) is 17.6. The van der Waals surface area contributed by atoms with Crippen molar-refractivity contribution in [3.05, 3.63) is 143 Å². The molecule has 0 saturated carbocycles. The van der Waals surface area contributed by atoms with E-state index >= 15 is 0 Å². The van der Waals surface area contributed by atoms with Crippen molar-refractivity contribution >= 4 is 11.4 Å². The van der Waals surface area contributed by atoms with Gasteiger partial charge in [0.2, 0.25) is 0 Å². The number of rotatable bonds is 4. The Morgan fingerprint density at radius 1 is 0.389 bits per heavy atom. The lowest BCUT2D eigenvalue weighted by atomic mass is 9.61. The van der Waals surface area contributed by atoms with Gasteiger partial charge in [0.25, 0.3) is 0 Å². The van der Waals surface area contributed by atoms with Crippen molar-refractivity contribution in [3.63, 3.8) is 0 Å². The van der Waals surface area contributed by atoms with Crippen LogP contribution in [0, 0.1) is 0 Å². The van der Waals surface area contributed by atoms with Gasteiger partial charge in [-0.05, 0) is 106 Å². The Morgan fingerprint density at radius 3 is 1.17 bits per heavy atom. The van der Waals surface area contributed by atoms with Crippen LogP contribution in [0.25, 0.3) is 0 Å². The maximum atomic E-state index is 6.19. The molecule has 0 spiro atoms. The molecule has 2 unspecified atom stereocenters. The summed E-state index contributed by atoms with van der Waals surface area (Å²) in [6.45, 7) is 0. The van der Waals surface area contributed by atoms with Gasteiger partial charge in [-0.3, -0.25) is 0 Å². The molecule has 0 aliphatic heterocycles. The van der Waals surface area contributed by atoms with Crippen LogP contribution >= 0.6 is 0 Å². The van der Waals surface area contributed by atoms with Crippen LogP contribution in [0.15, 0.2) is 109 Å². The average molecular weight is 469 g/mol. The first-order valence-electron chi connectivity index (χ1n) is 12.1. The summed E-state index contributed by atoms with van der Waals surface area (Å²) in [5, 5.41) is 0. The molecular formula is C32H24N2O2. The predicted octanol–water partition coefficient (Wildman–Crippen LogP) is 7.42. The van der Waals surface area contributed by atoms with Crippen LogP contribution in [-0.2, 0) is 0 Å². The molecule has 2 bridgehead atoms. The Kier molecular flexibility index (Phi) is 4.55. The molecule has 5 aromatic carbocycles. The predicted molar refractivity (Wildman–Crippen MR) is 143 cm³/mol. The first-order valence-corrected chi connectivity index (χ1v) is 12.1. The zero-order chi connectivity index (χ0) is 24.2. The summed E-state index contributed by atoms with van der Waals surface area (Å²) in [5.74, 6) is 3.50. The van der Waals surface area contributed by atoms with E-state index < -0.39 is 0 Å². The smallest absolute Gasteiger partial charge is 0.127 e. The van der Waals surface area contributed by atoms with Gasteiger partial charge in [-0.25, -0.2) is 0 Å². The topological polar surface area (TPSA) is 70.5 Å². The minimum absolute atomic E-state index is 0.150. The maximum Gasteiger partial charge on any atom is 0.127 e. The first kappa shape index (κ1) is 20.7. The minimum atomic E-state index is 0.150. The second-order valence-electron chi connectivity index (χ2n) is 9.42. The summed E-state index contributed by atoms with van der Waals surface area (Å²) in [5.41, 5.74) is 21.1. The zero-order valence-corrected chi connectivity index (χ0v) is 19.5. The van der Waals surface area contributed by atoms with E-state index in [-0.39, 0.29) is 11.8 Å². The Hall–Kier alpha value is -4.70. The molecule has 36 heavy (non-hydrogen) atoms. The number of hydrogen-bond donors (Lipinski definition) is 2. The van der Waals surface area contributed by atoms with E-state index in [1.807, 2.05) is 48.5 Å². The average Bonchev–Trinajstić information content (AvgIpc) is 2.91. The fourth-order valence-corrected chi connectivity index (χ4v) is 5.64. The highest BCUT2D eigenvalue weighted by atomic mass is 16.5. The van der Waals surface area contributed by atoms with Crippen LogP contribution in [0.3, 0.4) is 0 Å². The van der Waals surface area contributed by atoms with Gasteiger partial charge >= 0.3 is 0 Å². The van der Waals surface area contributed by atoms with E-state index in [2.05, 4.69) is 60.7 Å². The molecule has 0 saturated heterocycles. The number of anilines is 2. The molecule has 3 aliphatic carbocycles. The lowest BCUT2D eigenvalue weighted by molar-refractivity contribution is 0.479. The normalized spacial score (nSPS) is 16.6. The molecule has 0 amide bonds. The van der Waals surface area contributed by atoms with E-state index in [1.54, 1.807) is 0 Å². The van der Waals surface area contributed by atoms with E-state index in [9.17, 15) is 0 Å². The highest BCUT2D eigenvalue weighted by molar-refractivity contribution is 5.69. The number of hydrogen-bond acceptors (Lipinski definition) is 4. The van der Waals surface area contributed by atoms with Crippen molar-refractivity contribution in [1.82, 2.24) is 0 Å². The van der Waals surface area contributed by atoms with Gasteiger partial charge in [0.05, 0.1) is 0 Å². The van der Waals surface area contributed by atoms with Crippen LogP contribution < -0.4 is 20.9 Å². The largest absolute Gasteiger partial charge is 0.457 e. The molecule has 0 heterocycles. The van der Waals surface area contributed by atoms with Crippen LogP contribution in [0.5, 0.6) is 23.0 Å². The van der Waals surface area contributed by atoms with Gasteiger partial charge in [0.15, 0.2) is 0 Å². The molecule has 4 N–H and O–H groups in total. The second kappa shape index (κ2) is 7.92. The van der Waals surface area contributed by atoms with E-state index in [4.69, 9.17) is 20.9 Å². The van der Waals surface area contributed by atoms with E-state index in [1.165, 1.54) is 33.4 Å². The standard InChI is InChI=1S/C32H24N2O2/c33-19-5-9-21(10-6-19)35-23-14-16-28-29(17-23)31-25-3-1-2-4-26(25)32(28)30-18-24(13-15-27(30)31)36-22-11-7-20(34)8-12-22/h1-18,31-32H,33-34H2.